The SMILES string of the molecule is Cn1cnc2c(F)c(Nc3ccc(I)cc3F)c(C(=O)NCC3CCC(CO)CC3)cc21. The van der Waals surface area contributed by atoms with Crippen molar-refractivity contribution in [2.24, 2.45) is 18.9 Å². The van der Waals surface area contributed by atoms with E-state index in [1.54, 1.807) is 23.7 Å². The summed E-state index contributed by atoms with van der Waals surface area (Å²) in [5, 5.41) is 15.0. The van der Waals surface area contributed by atoms with Crippen LogP contribution in [0.1, 0.15) is 36.0 Å². The zero-order valence-electron chi connectivity index (χ0n) is 17.7. The Morgan fingerprint density at radius 2 is 1.94 bits per heavy atom. The molecule has 1 saturated carbocycles. The minimum Gasteiger partial charge on any atom is -0.396 e. The topological polar surface area (TPSA) is 79.2 Å². The molecule has 1 aliphatic carbocycles. The number of hydrogen-bond acceptors (Lipinski definition) is 4. The number of carbonyl (C=O) groups excluding carboxylic acids is 1. The minimum absolute atomic E-state index is 0.0796. The summed E-state index contributed by atoms with van der Waals surface area (Å²) in [6, 6.07) is 6.13. The lowest BCUT2D eigenvalue weighted by atomic mass is 9.82. The Bertz CT molecular complexity index is 1140. The predicted molar refractivity (Wildman–Crippen MR) is 128 cm³/mol. The van der Waals surface area contributed by atoms with Gasteiger partial charge in [-0.3, -0.25) is 4.79 Å². The highest BCUT2D eigenvalue weighted by atomic mass is 127. The lowest BCUT2D eigenvalue weighted by Crippen LogP contribution is -2.32. The van der Waals surface area contributed by atoms with Crippen LogP contribution >= 0.6 is 22.6 Å². The molecule has 1 heterocycles. The molecule has 9 heteroatoms. The van der Waals surface area contributed by atoms with Crippen LogP contribution in [0.5, 0.6) is 0 Å². The number of aliphatic hydroxyl groups is 1. The van der Waals surface area contributed by atoms with Crippen molar-refractivity contribution in [1.29, 1.82) is 0 Å². The van der Waals surface area contributed by atoms with Crippen LogP contribution in [0.3, 0.4) is 0 Å². The van der Waals surface area contributed by atoms with Gasteiger partial charge in [0.25, 0.3) is 5.91 Å². The minimum atomic E-state index is -0.699. The number of amides is 1. The third-order valence-electron chi connectivity index (χ3n) is 6.17. The number of benzene rings is 2. The monoisotopic (exact) mass is 554 g/mol. The van der Waals surface area contributed by atoms with Gasteiger partial charge < -0.3 is 20.3 Å². The third kappa shape index (κ3) is 4.73. The second-order valence-corrected chi connectivity index (χ2v) is 9.61. The maximum absolute atomic E-state index is 15.4. The molecule has 0 aliphatic heterocycles. The van der Waals surface area contributed by atoms with E-state index >= 15 is 4.39 Å². The van der Waals surface area contributed by atoms with Crippen molar-refractivity contribution in [2.75, 3.05) is 18.5 Å². The van der Waals surface area contributed by atoms with E-state index in [0.29, 0.717) is 27.5 Å². The number of aliphatic hydroxyl groups excluding tert-OH is 1. The molecule has 170 valence electrons. The molecule has 0 spiro atoms. The molecule has 3 aromatic rings. The molecule has 0 atom stereocenters. The van der Waals surface area contributed by atoms with Crippen molar-refractivity contribution in [3.63, 3.8) is 0 Å². The van der Waals surface area contributed by atoms with Crippen molar-refractivity contribution >= 4 is 50.9 Å². The Kier molecular flexibility index (Phi) is 6.94. The van der Waals surface area contributed by atoms with E-state index in [9.17, 15) is 14.3 Å². The molecule has 0 bridgehead atoms. The first kappa shape index (κ1) is 22.9. The highest BCUT2D eigenvalue weighted by Crippen LogP contribution is 2.32. The molecule has 1 aliphatic rings. The average molecular weight is 554 g/mol. The van der Waals surface area contributed by atoms with Gasteiger partial charge in [-0.15, -0.1) is 0 Å². The fourth-order valence-electron chi connectivity index (χ4n) is 4.20. The van der Waals surface area contributed by atoms with Crippen molar-refractivity contribution in [3.05, 3.63) is 51.4 Å². The Balaban J connectivity index is 1.62. The molecule has 2 aromatic carbocycles. The molecule has 1 amide bonds. The van der Waals surface area contributed by atoms with Crippen molar-refractivity contribution in [3.8, 4) is 0 Å². The first-order valence-electron chi connectivity index (χ1n) is 10.6. The number of nitrogens with zero attached hydrogens (tertiary/aromatic N) is 2. The Hall–Kier alpha value is -2.27. The van der Waals surface area contributed by atoms with Gasteiger partial charge in [0.05, 0.1) is 28.8 Å². The van der Waals surface area contributed by atoms with Crippen molar-refractivity contribution in [2.45, 2.75) is 25.7 Å². The zero-order valence-corrected chi connectivity index (χ0v) is 19.8. The van der Waals surface area contributed by atoms with Crippen LogP contribution in [0, 0.1) is 27.0 Å². The van der Waals surface area contributed by atoms with E-state index in [2.05, 4.69) is 15.6 Å². The van der Waals surface area contributed by atoms with Gasteiger partial charge >= 0.3 is 0 Å². The van der Waals surface area contributed by atoms with Gasteiger partial charge in [-0.1, -0.05) is 0 Å². The number of aryl methyl sites for hydroxylation is 1. The van der Waals surface area contributed by atoms with Gasteiger partial charge in [0.1, 0.15) is 11.3 Å². The maximum Gasteiger partial charge on any atom is 0.253 e. The molecule has 32 heavy (non-hydrogen) atoms. The Morgan fingerprint density at radius 3 is 2.62 bits per heavy atom. The summed E-state index contributed by atoms with van der Waals surface area (Å²) in [5.74, 6) is -1.01. The summed E-state index contributed by atoms with van der Waals surface area (Å²) < 4.78 is 32.2. The van der Waals surface area contributed by atoms with E-state index in [4.69, 9.17) is 0 Å². The molecule has 6 nitrogen and oxygen atoms in total. The lowest BCUT2D eigenvalue weighted by molar-refractivity contribution is 0.0937. The summed E-state index contributed by atoms with van der Waals surface area (Å²) in [6.07, 6.45) is 5.21. The molecular weight excluding hydrogens is 529 g/mol. The molecule has 0 radical (unpaired) electrons. The zero-order chi connectivity index (χ0) is 22.8. The number of imidazole rings is 1. The van der Waals surface area contributed by atoms with E-state index in [0.717, 1.165) is 25.7 Å². The normalized spacial score (nSPS) is 18.7. The molecule has 3 N–H and O–H groups in total. The van der Waals surface area contributed by atoms with Crippen LogP contribution in [0.2, 0.25) is 0 Å². The molecule has 1 aromatic heterocycles. The van der Waals surface area contributed by atoms with Gasteiger partial charge in [-0.2, -0.15) is 0 Å². The van der Waals surface area contributed by atoms with Crippen LogP contribution in [0.25, 0.3) is 11.0 Å². The number of carbonyl (C=O) groups is 1. The van der Waals surface area contributed by atoms with Crippen LogP contribution in [-0.2, 0) is 7.05 Å². The first-order chi connectivity index (χ1) is 15.4. The number of fused-ring (bicyclic) bond motifs is 1. The average Bonchev–Trinajstić information content (AvgIpc) is 3.16. The second kappa shape index (κ2) is 9.70. The number of aromatic nitrogens is 2. The smallest absolute Gasteiger partial charge is 0.253 e. The van der Waals surface area contributed by atoms with Gasteiger partial charge in [0, 0.05) is 23.8 Å². The van der Waals surface area contributed by atoms with Gasteiger partial charge in [-0.05, 0) is 84.4 Å². The quantitative estimate of drug-likeness (QED) is 0.386. The summed E-state index contributed by atoms with van der Waals surface area (Å²) in [6.45, 7) is 0.673. The largest absolute Gasteiger partial charge is 0.396 e. The summed E-state index contributed by atoms with van der Waals surface area (Å²) in [7, 11) is 1.72. The number of rotatable bonds is 6. The number of hydrogen-bond donors (Lipinski definition) is 3. The van der Waals surface area contributed by atoms with Crippen LogP contribution in [-0.4, -0.2) is 33.7 Å². The Labute approximate surface area is 198 Å². The van der Waals surface area contributed by atoms with Crippen LogP contribution in [0.15, 0.2) is 30.6 Å². The van der Waals surface area contributed by atoms with Crippen molar-refractivity contribution < 1.29 is 18.7 Å². The number of nitrogens with one attached hydrogen (secondary N) is 2. The highest BCUT2D eigenvalue weighted by molar-refractivity contribution is 14.1. The molecular formula is C23H25F2IN4O2. The van der Waals surface area contributed by atoms with E-state index in [1.807, 2.05) is 22.6 Å². The predicted octanol–water partition coefficient (Wildman–Crippen LogP) is 4.73. The van der Waals surface area contributed by atoms with Crippen LogP contribution in [0.4, 0.5) is 20.2 Å². The molecule has 0 unspecified atom stereocenters. The standard InChI is InChI=1S/C23H25F2IN4O2/c1-30-12-28-22-19(30)9-16(23(32)27-10-13-2-4-14(11-31)5-3-13)21(20(22)25)29-18-7-6-15(26)8-17(18)24/h6-9,12-14,29,31H,2-5,10-11H2,1H3,(H,27,32). The molecule has 4 rings (SSSR count). The summed E-state index contributed by atoms with van der Waals surface area (Å²) in [4.78, 5) is 17.2. The Morgan fingerprint density at radius 1 is 1.22 bits per heavy atom. The maximum atomic E-state index is 15.4. The number of halogens is 3. The molecule has 0 saturated heterocycles. The van der Waals surface area contributed by atoms with E-state index < -0.39 is 17.5 Å². The highest BCUT2D eigenvalue weighted by Gasteiger charge is 2.24. The van der Waals surface area contributed by atoms with Gasteiger partial charge in [-0.25, -0.2) is 13.8 Å². The summed E-state index contributed by atoms with van der Waals surface area (Å²) >= 11 is 1.99. The fourth-order valence-corrected chi connectivity index (χ4v) is 4.65. The first-order valence-corrected chi connectivity index (χ1v) is 11.7. The lowest BCUT2D eigenvalue weighted by Gasteiger charge is -2.27. The second-order valence-electron chi connectivity index (χ2n) is 8.36. The fraction of sp³-hybridized carbons (Fsp3) is 0.391. The van der Waals surface area contributed by atoms with Crippen molar-refractivity contribution in [1.82, 2.24) is 14.9 Å². The van der Waals surface area contributed by atoms with Gasteiger partial charge in [0.15, 0.2) is 5.82 Å². The summed E-state index contributed by atoms with van der Waals surface area (Å²) in [5.41, 5.74) is 0.666. The van der Waals surface area contributed by atoms with Gasteiger partial charge in [0.2, 0.25) is 0 Å². The van der Waals surface area contributed by atoms with Crippen LogP contribution < -0.4 is 10.6 Å². The van der Waals surface area contributed by atoms with E-state index in [1.165, 1.54) is 18.5 Å². The third-order valence-corrected chi connectivity index (χ3v) is 6.84. The number of anilines is 2. The van der Waals surface area contributed by atoms with E-state index in [-0.39, 0.29) is 29.1 Å². The molecule has 1 fully saturated rings.